The molecule has 0 spiro atoms. The standard InChI is InChI=1S/C26H27ClF2N4O6/c1-14(31-22(35)16-7-8-18(30)17(27)9-16)24(37)33-13-26(28,29)11-20(33)23(36)32-19-10-21(34)39-25(19)38-12-15-5-3-2-4-6-15/h2-9,14,19-20,25H,10-13,30H2,1H3,(H,31,35)(H,32,36)/t14-,19?,20-,25+/m0/s1. The van der Waals surface area contributed by atoms with Crippen LogP contribution in [0.2, 0.25) is 5.02 Å². The van der Waals surface area contributed by atoms with Crippen LogP contribution in [0.25, 0.3) is 0 Å². The van der Waals surface area contributed by atoms with Gasteiger partial charge >= 0.3 is 5.97 Å². The smallest absolute Gasteiger partial charge is 0.310 e. The van der Waals surface area contributed by atoms with E-state index in [1.807, 2.05) is 6.07 Å². The highest BCUT2D eigenvalue weighted by Crippen LogP contribution is 2.33. The Labute approximate surface area is 227 Å². The van der Waals surface area contributed by atoms with Crippen LogP contribution in [0.15, 0.2) is 48.5 Å². The fraction of sp³-hybridized carbons (Fsp3) is 0.385. The van der Waals surface area contributed by atoms with Crippen LogP contribution in [-0.2, 0) is 30.5 Å². The van der Waals surface area contributed by atoms with Gasteiger partial charge in [0.15, 0.2) is 0 Å². The van der Waals surface area contributed by atoms with Crippen molar-refractivity contribution < 1.29 is 37.4 Å². The van der Waals surface area contributed by atoms with E-state index >= 15 is 0 Å². The van der Waals surface area contributed by atoms with Crippen LogP contribution in [0.3, 0.4) is 0 Å². The summed E-state index contributed by atoms with van der Waals surface area (Å²) in [4.78, 5) is 51.4. The van der Waals surface area contributed by atoms with E-state index in [0.717, 1.165) is 10.5 Å². The number of carbonyl (C=O) groups excluding carboxylic acids is 4. The minimum absolute atomic E-state index is 0.0910. The molecule has 0 aromatic heterocycles. The van der Waals surface area contributed by atoms with Crippen molar-refractivity contribution in [3.05, 3.63) is 64.7 Å². The summed E-state index contributed by atoms with van der Waals surface area (Å²) in [7, 11) is 0. The Balaban J connectivity index is 1.41. The number of nitrogens with zero attached hydrogens (tertiary/aromatic N) is 1. The van der Waals surface area contributed by atoms with Crippen LogP contribution >= 0.6 is 11.6 Å². The van der Waals surface area contributed by atoms with Gasteiger partial charge in [-0.1, -0.05) is 41.9 Å². The third-order valence-corrected chi connectivity index (χ3v) is 6.71. The van der Waals surface area contributed by atoms with E-state index in [0.29, 0.717) is 0 Å². The number of nitrogens with two attached hydrogens (primary N) is 1. The lowest BCUT2D eigenvalue weighted by Crippen LogP contribution is -2.54. The first-order chi connectivity index (χ1) is 18.4. The molecule has 1 unspecified atom stereocenters. The van der Waals surface area contributed by atoms with Crippen molar-refractivity contribution in [2.45, 2.75) is 56.7 Å². The minimum atomic E-state index is -3.34. The number of benzene rings is 2. The highest BCUT2D eigenvalue weighted by molar-refractivity contribution is 6.33. The number of hydrogen-bond donors (Lipinski definition) is 3. The molecule has 0 bridgehead atoms. The van der Waals surface area contributed by atoms with E-state index in [1.165, 1.54) is 25.1 Å². The summed E-state index contributed by atoms with van der Waals surface area (Å²) < 4.78 is 39.6. The lowest BCUT2D eigenvalue weighted by atomic mass is 10.1. The van der Waals surface area contributed by atoms with Crippen LogP contribution in [0.5, 0.6) is 0 Å². The maximum absolute atomic E-state index is 14.4. The van der Waals surface area contributed by atoms with Gasteiger partial charge in [0.2, 0.25) is 18.1 Å². The Morgan fingerprint density at radius 2 is 1.95 bits per heavy atom. The number of anilines is 1. The molecule has 10 nitrogen and oxygen atoms in total. The lowest BCUT2D eigenvalue weighted by molar-refractivity contribution is -0.168. The Bertz CT molecular complexity index is 1260. The van der Waals surface area contributed by atoms with Crippen molar-refractivity contribution in [1.29, 1.82) is 0 Å². The number of ether oxygens (including phenoxy) is 2. The Morgan fingerprint density at radius 1 is 1.23 bits per heavy atom. The largest absolute Gasteiger partial charge is 0.433 e. The van der Waals surface area contributed by atoms with E-state index in [9.17, 15) is 28.0 Å². The van der Waals surface area contributed by atoms with Gasteiger partial charge in [0.1, 0.15) is 18.1 Å². The second kappa shape index (κ2) is 11.5. The summed E-state index contributed by atoms with van der Waals surface area (Å²) in [5.74, 6) is -6.40. The number of rotatable bonds is 8. The molecule has 0 saturated carbocycles. The first-order valence-corrected chi connectivity index (χ1v) is 12.5. The number of carbonyl (C=O) groups is 4. The predicted molar refractivity (Wildman–Crippen MR) is 136 cm³/mol. The van der Waals surface area contributed by atoms with Crippen LogP contribution in [-0.4, -0.2) is 65.5 Å². The molecule has 3 amide bonds. The Morgan fingerprint density at radius 3 is 2.64 bits per heavy atom. The molecule has 39 heavy (non-hydrogen) atoms. The quantitative estimate of drug-likeness (QED) is 0.330. The fourth-order valence-corrected chi connectivity index (χ4v) is 4.56. The van der Waals surface area contributed by atoms with Gasteiger partial charge in [-0.25, -0.2) is 8.78 Å². The van der Waals surface area contributed by atoms with Gasteiger partial charge in [-0.2, -0.15) is 0 Å². The highest BCUT2D eigenvalue weighted by atomic mass is 35.5. The first kappa shape index (κ1) is 28.2. The predicted octanol–water partition coefficient (Wildman–Crippen LogP) is 2.25. The van der Waals surface area contributed by atoms with Gasteiger partial charge < -0.3 is 30.7 Å². The number of halogens is 3. The SMILES string of the molecule is C[C@H](NC(=O)c1ccc(N)c(Cl)c1)C(=O)N1CC(F)(F)C[C@H]1C(=O)NC1CC(=O)O[C@H]1OCc1ccccc1. The summed E-state index contributed by atoms with van der Waals surface area (Å²) in [5, 5.41) is 5.10. The van der Waals surface area contributed by atoms with E-state index in [1.54, 1.807) is 24.3 Å². The topological polar surface area (TPSA) is 140 Å². The number of hydrogen-bond acceptors (Lipinski definition) is 7. The zero-order valence-corrected chi connectivity index (χ0v) is 21.6. The first-order valence-electron chi connectivity index (χ1n) is 12.1. The molecule has 4 N–H and O–H groups in total. The zero-order valence-electron chi connectivity index (χ0n) is 20.9. The van der Waals surface area contributed by atoms with Crippen molar-refractivity contribution in [3.63, 3.8) is 0 Å². The third kappa shape index (κ3) is 6.82. The number of alkyl halides is 2. The number of cyclic esters (lactones) is 1. The molecule has 0 aliphatic carbocycles. The number of amides is 3. The molecular formula is C26H27ClF2N4O6. The third-order valence-electron chi connectivity index (χ3n) is 6.38. The Hall–Kier alpha value is -3.77. The molecule has 2 aliphatic heterocycles. The van der Waals surface area contributed by atoms with Gasteiger partial charge in [0, 0.05) is 12.0 Å². The van der Waals surface area contributed by atoms with E-state index < -0.39 is 67.0 Å². The molecule has 4 rings (SSSR count). The van der Waals surface area contributed by atoms with Gasteiger partial charge in [-0.3, -0.25) is 19.2 Å². The van der Waals surface area contributed by atoms with Gasteiger partial charge in [-0.05, 0) is 30.7 Å². The molecule has 2 aromatic carbocycles. The van der Waals surface area contributed by atoms with Crippen LogP contribution in [0.1, 0.15) is 35.7 Å². The number of esters is 1. The molecule has 13 heteroatoms. The highest BCUT2D eigenvalue weighted by Gasteiger charge is 2.51. The average molecular weight is 565 g/mol. The zero-order chi connectivity index (χ0) is 28.3. The monoisotopic (exact) mass is 564 g/mol. The van der Waals surface area contributed by atoms with Gasteiger partial charge in [0.25, 0.3) is 11.8 Å². The summed E-state index contributed by atoms with van der Waals surface area (Å²) >= 11 is 5.94. The van der Waals surface area contributed by atoms with Gasteiger partial charge in [-0.15, -0.1) is 0 Å². The van der Waals surface area contributed by atoms with Crippen LogP contribution in [0.4, 0.5) is 14.5 Å². The summed E-state index contributed by atoms with van der Waals surface area (Å²) in [6.45, 7) is 0.404. The minimum Gasteiger partial charge on any atom is -0.433 e. The van der Waals surface area contributed by atoms with Gasteiger partial charge in [0.05, 0.1) is 30.3 Å². The van der Waals surface area contributed by atoms with Crippen molar-refractivity contribution in [3.8, 4) is 0 Å². The molecular weight excluding hydrogens is 538 g/mol. The van der Waals surface area contributed by atoms with Crippen molar-refractivity contribution in [2.24, 2.45) is 0 Å². The molecule has 2 heterocycles. The van der Waals surface area contributed by atoms with Crippen molar-refractivity contribution >= 4 is 41.0 Å². The average Bonchev–Trinajstić information content (AvgIpc) is 3.42. The van der Waals surface area contributed by atoms with E-state index in [-0.39, 0.29) is 29.3 Å². The molecule has 0 radical (unpaired) electrons. The second-order valence-corrected chi connectivity index (χ2v) is 9.85. The fourth-order valence-electron chi connectivity index (χ4n) is 4.38. The summed E-state index contributed by atoms with van der Waals surface area (Å²) in [6.07, 6.45) is -2.27. The Kier molecular flexibility index (Phi) is 8.36. The van der Waals surface area contributed by atoms with E-state index in [4.69, 9.17) is 26.8 Å². The van der Waals surface area contributed by atoms with Crippen LogP contribution in [0, 0.1) is 0 Å². The molecule has 2 aliphatic rings. The van der Waals surface area contributed by atoms with E-state index in [2.05, 4.69) is 10.6 Å². The molecule has 2 fully saturated rings. The normalized spacial score (nSPS) is 22.7. The number of likely N-dealkylation sites (tertiary alicyclic amines) is 1. The summed E-state index contributed by atoms with van der Waals surface area (Å²) in [6, 6.07) is 9.45. The molecule has 2 aromatic rings. The summed E-state index contributed by atoms with van der Waals surface area (Å²) in [5.41, 5.74) is 6.81. The molecule has 208 valence electrons. The molecule has 4 atom stereocenters. The van der Waals surface area contributed by atoms with Crippen molar-refractivity contribution in [1.82, 2.24) is 15.5 Å². The maximum atomic E-state index is 14.4. The lowest BCUT2D eigenvalue weighted by Gasteiger charge is -2.28. The van der Waals surface area contributed by atoms with Crippen LogP contribution < -0.4 is 16.4 Å². The molecule has 2 saturated heterocycles. The number of nitrogens with one attached hydrogen (secondary N) is 2. The van der Waals surface area contributed by atoms with Crippen molar-refractivity contribution in [2.75, 3.05) is 12.3 Å². The number of nitrogen functional groups attached to an aromatic ring is 1. The second-order valence-electron chi connectivity index (χ2n) is 9.45. The maximum Gasteiger partial charge on any atom is 0.310 e.